The number of nitrogens with zero attached hydrogens (tertiary/aromatic N) is 2. The number of aliphatic hydroxyl groups excluding tert-OH is 1. The summed E-state index contributed by atoms with van der Waals surface area (Å²) in [6.07, 6.45) is -0.320. The first-order valence-electron chi connectivity index (χ1n) is 8.97. The molecule has 0 aromatic heterocycles. The summed E-state index contributed by atoms with van der Waals surface area (Å²) in [6.45, 7) is 9.68. The lowest BCUT2D eigenvalue weighted by atomic mass is 10.1. The molecule has 1 aromatic rings. The Kier molecular flexibility index (Phi) is 7.23. The molecule has 0 aliphatic carbocycles. The number of aliphatic hydroxyl groups is 1. The van der Waals surface area contributed by atoms with Crippen molar-refractivity contribution in [1.82, 2.24) is 15.1 Å². The monoisotopic (exact) mass is 349 g/mol. The fourth-order valence-electron chi connectivity index (χ4n) is 3.23. The quantitative estimate of drug-likeness (QED) is 0.771. The maximum Gasteiger partial charge on any atom is 0.237 e. The smallest absolute Gasteiger partial charge is 0.237 e. The number of carbonyl (C=O) groups is 1. The van der Waals surface area contributed by atoms with Crippen LogP contribution < -0.4 is 10.1 Å². The standard InChI is InChI=1S/C19H31N3O3/c1-14-12-22(10-9-21(14)13-15(2)23)16(3)19(24)20-11-17-5-7-18(25-4)8-6-17/h5-8,14-16,23H,9-13H2,1-4H3,(H,20,24). The number of benzene rings is 1. The molecular formula is C19H31N3O3. The highest BCUT2D eigenvalue weighted by Gasteiger charge is 2.29. The van der Waals surface area contributed by atoms with E-state index in [1.807, 2.05) is 38.1 Å². The summed E-state index contributed by atoms with van der Waals surface area (Å²) in [5.74, 6) is 0.861. The Bertz CT molecular complexity index is 547. The molecule has 2 rings (SSSR count). The Morgan fingerprint density at radius 1 is 1.32 bits per heavy atom. The van der Waals surface area contributed by atoms with Gasteiger partial charge in [0.05, 0.1) is 19.3 Å². The SMILES string of the molecule is COc1ccc(CNC(=O)C(C)N2CCN(CC(C)O)C(C)C2)cc1. The van der Waals surface area contributed by atoms with Crippen molar-refractivity contribution in [1.29, 1.82) is 0 Å². The third-order valence-corrected chi connectivity index (χ3v) is 4.85. The zero-order chi connectivity index (χ0) is 18.4. The minimum Gasteiger partial charge on any atom is -0.497 e. The Hall–Kier alpha value is -1.63. The van der Waals surface area contributed by atoms with Crippen molar-refractivity contribution in [2.24, 2.45) is 0 Å². The van der Waals surface area contributed by atoms with E-state index >= 15 is 0 Å². The van der Waals surface area contributed by atoms with E-state index < -0.39 is 0 Å². The number of hydrogen-bond acceptors (Lipinski definition) is 5. The molecule has 1 aliphatic heterocycles. The van der Waals surface area contributed by atoms with Gasteiger partial charge in [-0.25, -0.2) is 0 Å². The average molecular weight is 349 g/mol. The second kappa shape index (κ2) is 9.17. The van der Waals surface area contributed by atoms with E-state index in [4.69, 9.17) is 4.74 Å². The number of rotatable bonds is 7. The predicted octanol–water partition coefficient (Wildman–Crippen LogP) is 1.09. The number of hydrogen-bond donors (Lipinski definition) is 2. The Balaban J connectivity index is 1.81. The van der Waals surface area contributed by atoms with Crippen LogP contribution in [0.2, 0.25) is 0 Å². The Morgan fingerprint density at radius 2 is 2.00 bits per heavy atom. The van der Waals surface area contributed by atoms with Crippen LogP contribution in [0.1, 0.15) is 26.3 Å². The number of amides is 1. The van der Waals surface area contributed by atoms with Crippen LogP contribution in [0.15, 0.2) is 24.3 Å². The second-order valence-corrected chi connectivity index (χ2v) is 6.93. The van der Waals surface area contributed by atoms with Gasteiger partial charge in [-0.15, -0.1) is 0 Å². The molecule has 0 bridgehead atoms. The molecule has 1 aliphatic rings. The Morgan fingerprint density at radius 3 is 2.56 bits per heavy atom. The lowest BCUT2D eigenvalue weighted by molar-refractivity contribution is -0.127. The minimum atomic E-state index is -0.320. The van der Waals surface area contributed by atoms with Crippen molar-refractivity contribution >= 4 is 5.91 Å². The molecule has 1 amide bonds. The van der Waals surface area contributed by atoms with Crippen molar-refractivity contribution in [2.75, 3.05) is 33.3 Å². The maximum atomic E-state index is 12.5. The van der Waals surface area contributed by atoms with E-state index in [1.165, 1.54) is 0 Å². The molecule has 1 saturated heterocycles. The summed E-state index contributed by atoms with van der Waals surface area (Å²) in [7, 11) is 1.64. The first kappa shape index (κ1) is 19.7. The summed E-state index contributed by atoms with van der Waals surface area (Å²) < 4.78 is 5.14. The van der Waals surface area contributed by atoms with Gasteiger partial charge in [-0.05, 0) is 38.5 Å². The lowest BCUT2D eigenvalue weighted by Crippen LogP contribution is -2.58. The molecule has 1 heterocycles. The van der Waals surface area contributed by atoms with Gasteiger partial charge in [0.25, 0.3) is 0 Å². The highest BCUT2D eigenvalue weighted by atomic mass is 16.5. The third kappa shape index (κ3) is 5.70. The first-order valence-corrected chi connectivity index (χ1v) is 8.97. The number of methoxy groups -OCH3 is 1. The molecular weight excluding hydrogens is 318 g/mol. The van der Waals surface area contributed by atoms with Crippen molar-refractivity contribution in [3.63, 3.8) is 0 Å². The van der Waals surface area contributed by atoms with E-state index in [-0.39, 0.29) is 18.1 Å². The summed E-state index contributed by atoms with van der Waals surface area (Å²) in [5, 5.41) is 12.6. The number of ether oxygens (including phenoxy) is 1. The highest BCUT2D eigenvalue weighted by molar-refractivity contribution is 5.81. The van der Waals surface area contributed by atoms with Gasteiger partial charge in [-0.2, -0.15) is 0 Å². The van der Waals surface area contributed by atoms with E-state index in [1.54, 1.807) is 7.11 Å². The fourth-order valence-corrected chi connectivity index (χ4v) is 3.23. The lowest BCUT2D eigenvalue weighted by Gasteiger charge is -2.42. The van der Waals surface area contributed by atoms with Crippen LogP contribution in [0.25, 0.3) is 0 Å². The molecule has 3 atom stereocenters. The van der Waals surface area contributed by atoms with Gasteiger partial charge in [0.1, 0.15) is 5.75 Å². The number of β-amino-alcohol motifs (C(OH)–C–C–N with tert-alkyl or cyclic N) is 1. The van der Waals surface area contributed by atoms with Crippen molar-refractivity contribution in [3.05, 3.63) is 29.8 Å². The van der Waals surface area contributed by atoms with Crippen molar-refractivity contribution in [2.45, 2.75) is 45.5 Å². The number of carbonyl (C=O) groups excluding carboxylic acids is 1. The van der Waals surface area contributed by atoms with E-state index in [2.05, 4.69) is 22.0 Å². The molecule has 6 nitrogen and oxygen atoms in total. The van der Waals surface area contributed by atoms with Gasteiger partial charge in [0.15, 0.2) is 0 Å². The molecule has 3 unspecified atom stereocenters. The van der Waals surface area contributed by atoms with Gasteiger partial charge < -0.3 is 15.2 Å². The number of nitrogens with one attached hydrogen (secondary N) is 1. The summed E-state index contributed by atoms with van der Waals surface area (Å²) >= 11 is 0. The van der Waals surface area contributed by atoms with Crippen LogP contribution >= 0.6 is 0 Å². The molecule has 2 N–H and O–H groups in total. The zero-order valence-corrected chi connectivity index (χ0v) is 15.7. The van der Waals surface area contributed by atoms with Gasteiger partial charge in [-0.1, -0.05) is 12.1 Å². The molecule has 0 saturated carbocycles. The molecule has 140 valence electrons. The van der Waals surface area contributed by atoms with Gasteiger partial charge in [-0.3, -0.25) is 14.6 Å². The van der Waals surface area contributed by atoms with Crippen LogP contribution in [-0.2, 0) is 11.3 Å². The topological polar surface area (TPSA) is 65.0 Å². The second-order valence-electron chi connectivity index (χ2n) is 6.93. The van der Waals surface area contributed by atoms with E-state index in [0.29, 0.717) is 19.1 Å². The first-order chi connectivity index (χ1) is 11.9. The van der Waals surface area contributed by atoms with Crippen LogP contribution in [0.4, 0.5) is 0 Å². The van der Waals surface area contributed by atoms with Crippen LogP contribution in [0.5, 0.6) is 5.75 Å². The van der Waals surface area contributed by atoms with Crippen LogP contribution in [0.3, 0.4) is 0 Å². The fraction of sp³-hybridized carbons (Fsp3) is 0.632. The molecule has 25 heavy (non-hydrogen) atoms. The highest BCUT2D eigenvalue weighted by Crippen LogP contribution is 2.14. The molecule has 0 radical (unpaired) electrons. The number of piperazine rings is 1. The predicted molar refractivity (Wildman–Crippen MR) is 98.6 cm³/mol. The largest absolute Gasteiger partial charge is 0.497 e. The Labute approximate surface area is 150 Å². The zero-order valence-electron chi connectivity index (χ0n) is 15.7. The average Bonchev–Trinajstić information content (AvgIpc) is 2.60. The third-order valence-electron chi connectivity index (χ3n) is 4.85. The van der Waals surface area contributed by atoms with E-state index in [9.17, 15) is 9.90 Å². The van der Waals surface area contributed by atoms with Crippen LogP contribution in [-0.4, -0.2) is 72.3 Å². The van der Waals surface area contributed by atoms with Gasteiger partial charge >= 0.3 is 0 Å². The normalized spacial score (nSPS) is 21.6. The molecule has 6 heteroatoms. The van der Waals surface area contributed by atoms with E-state index in [0.717, 1.165) is 30.9 Å². The summed E-state index contributed by atoms with van der Waals surface area (Å²) in [5.41, 5.74) is 1.05. The van der Waals surface area contributed by atoms with Crippen molar-refractivity contribution in [3.8, 4) is 5.75 Å². The summed E-state index contributed by atoms with van der Waals surface area (Å²) in [4.78, 5) is 17.0. The molecule has 1 fully saturated rings. The minimum absolute atomic E-state index is 0.0481. The summed E-state index contributed by atoms with van der Waals surface area (Å²) in [6, 6.07) is 7.89. The molecule has 1 aromatic carbocycles. The van der Waals surface area contributed by atoms with Crippen LogP contribution in [0, 0.1) is 0 Å². The van der Waals surface area contributed by atoms with Gasteiger partial charge in [0.2, 0.25) is 5.91 Å². The molecule has 0 spiro atoms. The van der Waals surface area contributed by atoms with Crippen molar-refractivity contribution < 1.29 is 14.6 Å². The van der Waals surface area contributed by atoms with Gasteiger partial charge in [0, 0.05) is 38.8 Å². The maximum absolute atomic E-state index is 12.5.